The fraction of sp³-hybridized carbons (Fsp3) is 0.263. The van der Waals surface area contributed by atoms with Gasteiger partial charge in [0.25, 0.3) is 0 Å². The highest BCUT2D eigenvalue weighted by molar-refractivity contribution is 8.08. The summed E-state index contributed by atoms with van der Waals surface area (Å²) in [6, 6.07) is 21.3. The van der Waals surface area contributed by atoms with E-state index in [2.05, 4.69) is 71.6 Å². The lowest BCUT2D eigenvalue weighted by Gasteiger charge is -2.14. The van der Waals surface area contributed by atoms with Gasteiger partial charge in [0.2, 0.25) is 0 Å². The van der Waals surface area contributed by atoms with Crippen LogP contribution in [0.4, 0.5) is 0 Å². The summed E-state index contributed by atoms with van der Waals surface area (Å²) in [5, 5.41) is 0. The maximum atomic E-state index is 2.54. The molecule has 1 saturated heterocycles. The summed E-state index contributed by atoms with van der Waals surface area (Å²) in [5.74, 6) is 0. The molecule has 0 saturated carbocycles. The van der Waals surface area contributed by atoms with E-state index in [4.69, 9.17) is 0 Å². The number of thioether (sulfide) groups is 1. The van der Waals surface area contributed by atoms with Gasteiger partial charge < -0.3 is 0 Å². The van der Waals surface area contributed by atoms with Crippen molar-refractivity contribution in [3.63, 3.8) is 0 Å². The largest absolute Gasteiger partial charge is 0.300 e. The van der Waals surface area contributed by atoms with Crippen molar-refractivity contribution in [3.05, 3.63) is 72.3 Å². The highest BCUT2D eigenvalue weighted by Gasteiger charge is 2.11. The Morgan fingerprint density at radius 2 is 1.52 bits per heavy atom. The highest BCUT2D eigenvalue weighted by atomic mass is 32.2. The van der Waals surface area contributed by atoms with Gasteiger partial charge in [0, 0.05) is 16.3 Å². The molecule has 2 aromatic rings. The van der Waals surface area contributed by atoms with Gasteiger partial charge in [0.05, 0.1) is 0 Å². The van der Waals surface area contributed by atoms with Crippen LogP contribution in [0.1, 0.15) is 18.4 Å². The zero-order valence-corrected chi connectivity index (χ0v) is 13.1. The molecule has 0 spiro atoms. The van der Waals surface area contributed by atoms with Gasteiger partial charge in [-0.05, 0) is 43.6 Å². The Balaban J connectivity index is 1.78. The van der Waals surface area contributed by atoms with E-state index in [1.807, 2.05) is 11.8 Å². The fourth-order valence-electron chi connectivity index (χ4n) is 2.61. The van der Waals surface area contributed by atoms with Crippen LogP contribution in [0.25, 0.3) is 4.91 Å². The molecule has 0 unspecified atom stereocenters. The minimum absolute atomic E-state index is 1.06. The number of hydrogen-bond acceptors (Lipinski definition) is 2. The first-order valence-electron chi connectivity index (χ1n) is 7.63. The van der Waals surface area contributed by atoms with E-state index in [9.17, 15) is 0 Å². The average molecular weight is 295 g/mol. The molecule has 21 heavy (non-hydrogen) atoms. The Labute approximate surface area is 131 Å². The van der Waals surface area contributed by atoms with Crippen molar-refractivity contribution in [1.29, 1.82) is 0 Å². The maximum absolute atomic E-state index is 2.54. The zero-order chi connectivity index (χ0) is 14.3. The molecule has 1 fully saturated rings. The van der Waals surface area contributed by atoms with Gasteiger partial charge in [0.15, 0.2) is 0 Å². The first-order valence-corrected chi connectivity index (χ1v) is 8.44. The van der Waals surface area contributed by atoms with Crippen LogP contribution in [0.5, 0.6) is 0 Å². The summed E-state index contributed by atoms with van der Waals surface area (Å²) in [5.41, 5.74) is 1.31. The molecule has 1 aliphatic heterocycles. The van der Waals surface area contributed by atoms with Crippen LogP contribution < -0.4 is 0 Å². The molecule has 1 heterocycles. The Morgan fingerprint density at radius 1 is 0.905 bits per heavy atom. The fourth-order valence-corrected chi connectivity index (χ4v) is 3.57. The zero-order valence-electron chi connectivity index (χ0n) is 12.2. The van der Waals surface area contributed by atoms with Crippen LogP contribution in [0.3, 0.4) is 0 Å². The van der Waals surface area contributed by atoms with Crippen molar-refractivity contribution < 1.29 is 0 Å². The van der Waals surface area contributed by atoms with Gasteiger partial charge in [0.1, 0.15) is 0 Å². The monoisotopic (exact) mass is 295 g/mol. The normalized spacial score (nSPS) is 16.3. The molecular formula is C19H21NS. The third-order valence-electron chi connectivity index (χ3n) is 3.76. The average Bonchev–Trinajstić information content (AvgIpc) is 3.07. The molecule has 1 aliphatic rings. The third-order valence-corrected chi connectivity index (χ3v) is 4.89. The second-order valence-corrected chi connectivity index (χ2v) is 6.47. The number of rotatable bonds is 5. The molecule has 0 N–H and O–H groups in total. The molecule has 0 amide bonds. The highest BCUT2D eigenvalue weighted by Crippen LogP contribution is 2.34. The predicted molar refractivity (Wildman–Crippen MR) is 92.4 cm³/mol. The number of hydrogen-bond donors (Lipinski definition) is 0. The van der Waals surface area contributed by atoms with E-state index >= 15 is 0 Å². The van der Waals surface area contributed by atoms with Gasteiger partial charge in [-0.2, -0.15) is 0 Å². The van der Waals surface area contributed by atoms with Gasteiger partial charge >= 0.3 is 0 Å². The first-order chi connectivity index (χ1) is 10.4. The van der Waals surface area contributed by atoms with Crippen molar-refractivity contribution in [1.82, 2.24) is 4.90 Å². The summed E-state index contributed by atoms with van der Waals surface area (Å²) in [7, 11) is 0. The van der Waals surface area contributed by atoms with Gasteiger partial charge in [-0.25, -0.2) is 0 Å². The number of likely N-dealkylation sites (tertiary alicyclic amines) is 1. The summed E-state index contributed by atoms with van der Waals surface area (Å²) < 4.78 is 0. The van der Waals surface area contributed by atoms with E-state index in [1.165, 1.54) is 41.3 Å². The van der Waals surface area contributed by atoms with E-state index in [0.717, 1.165) is 6.54 Å². The Bertz CT molecular complexity index is 571. The van der Waals surface area contributed by atoms with Crippen LogP contribution in [0.15, 0.2) is 71.6 Å². The lowest BCUT2D eigenvalue weighted by molar-refractivity contribution is 0.378. The molecule has 0 aliphatic carbocycles. The molecule has 3 rings (SSSR count). The van der Waals surface area contributed by atoms with E-state index < -0.39 is 0 Å². The van der Waals surface area contributed by atoms with E-state index in [1.54, 1.807) is 0 Å². The molecule has 1 nitrogen and oxygen atoms in total. The molecule has 0 atom stereocenters. The van der Waals surface area contributed by atoms with Crippen molar-refractivity contribution in [2.45, 2.75) is 17.7 Å². The number of benzene rings is 2. The molecule has 2 heteroatoms. The van der Waals surface area contributed by atoms with Crippen LogP contribution in [0, 0.1) is 0 Å². The minimum atomic E-state index is 1.06. The first kappa shape index (κ1) is 14.4. The van der Waals surface area contributed by atoms with Crippen molar-refractivity contribution in [2.75, 3.05) is 19.6 Å². The van der Waals surface area contributed by atoms with E-state index in [0.29, 0.717) is 0 Å². The van der Waals surface area contributed by atoms with Crippen LogP contribution >= 0.6 is 11.8 Å². The van der Waals surface area contributed by atoms with Crippen molar-refractivity contribution in [2.24, 2.45) is 0 Å². The Kier molecular flexibility index (Phi) is 5.14. The molecule has 0 bridgehead atoms. The molecular weight excluding hydrogens is 274 g/mol. The second-order valence-electron chi connectivity index (χ2n) is 5.36. The Morgan fingerprint density at radius 3 is 2.19 bits per heavy atom. The smallest absolute Gasteiger partial charge is 0.0177 e. The Hall–Kier alpha value is -1.51. The lowest BCUT2D eigenvalue weighted by atomic mass is 10.2. The summed E-state index contributed by atoms with van der Waals surface area (Å²) >= 11 is 1.86. The lowest BCUT2D eigenvalue weighted by Crippen LogP contribution is -2.18. The van der Waals surface area contributed by atoms with Crippen LogP contribution in [0.2, 0.25) is 0 Å². The van der Waals surface area contributed by atoms with Crippen molar-refractivity contribution in [3.8, 4) is 0 Å². The number of nitrogens with zero attached hydrogens (tertiary/aromatic N) is 1. The maximum Gasteiger partial charge on any atom is 0.0177 e. The topological polar surface area (TPSA) is 3.24 Å². The van der Waals surface area contributed by atoms with Crippen LogP contribution in [-0.4, -0.2) is 24.5 Å². The summed E-state index contributed by atoms with van der Waals surface area (Å²) in [4.78, 5) is 5.19. The van der Waals surface area contributed by atoms with Gasteiger partial charge in [-0.1, -0.05) is 66.4 Å². The predicted octanol–water partition coefficient (Wildman–Crippen LogP) is 4.92. The molecule has 108 valence electrons. The van der Waals surface area contributed by atoms with Crippen molar-refractivity contribution >= 4 is 16.7 Å². The summed E-state index contributed by atoms with van der Waals surface area (Å²) in [6.07, 6.45) is 5.08. The standard InChI is InChI=1S/C19H21NS/c1-3-9-17(10-4-1)19(13-16-20-14-7-8-15-20)21-18-11-5-2-6-12-18/h1-6,9-13H,7-8,14-16H2/b19-13-. The SMILES string of the molecule is C(/CN1CCCC1)=C(/Sc1ccccc1)c1ccccc1. The third kappa shape index (κ3) is 4.23. The summed E-state index contributed by atoms with van der Waals surface area (Å²) in [6.45, 7) is 3.55. The minimum Gasteiger partial charge on any atom is -0.300 e. The quantitative estimate of drug-likeness (QED) is 0.721. The van der Waals surface area contributed by atoms with Gasteiger partial charge in [-0.15, -0.1) is 0 Å². The van der Waals surface area contributed by atoms with E-state index in [-0.39, 0.29) is 0 Å². The molecule has 0 radical (unpaired) electrons. The molecule has 2 aromatic carbocycles. The van der Waals surface area contributed by atoms with Crippen LogP contribution in [-0.2, 0) is 0 Å². The molecule has 0 aromatic heterocycles. The van der Waals surface area contributed by atoms with Gasteiger partial charge in [-0.3, -0.25) is 4.90 Å². The second kappa shape index (κ2) is 7.48.